The van der Waals surface area contributed by atoms with Crippen LogP contribution in [0.2, 0.25) is 10.0 Å². The highest BCUT2D eigenvalue weighted by molar-refractivity contribution is 7.11. The van der Waals surface area contributed by atoms with Gasteiger partial charge in [0.1, 0.15) is 11.1 Å². The van der Waals surface area contributed by atoms with Gasteiger partial charge in [0.2, 0.25) is 0 Å². The third-order valence-electron chi connectivity index (χ3n) is 3.37. The molecule has 0 amide bonds. The van der Waals surface area contributed by atoms with Crippen LogP contribution in [-0.4, -0.2) is 15.2 Å². The average molecular weight is 389 g/mol. The van der Waals surface area contributed by atoms with Crippen molar-refractivity contribution in [3.8, 4) is 28.8 Å². The minimum absolute atomic E-state index is 0.218. The predicted octanol–water partition coefficient (Wildman–Crippen LogP) is 5.59. The smallest absolute Gasteiger partial charge is 0.157 e. The van der Waals surface area contributed by atoms with Gasteiger partial charge in [0, 0.05) is 16.0 Å². The van der Waals surface area contributed by atoms with E-state index in [1.54, 1.807) is 30.3 Å². The van der Waals surface area contributed by atoms with E-state index in [0.717, 1.165) is 5.56 Å². The summed E-state index contributed by atoms with van der Waals surface area (Å²) in [5.41, 5.74) is 2.30. The van der Waals surface area contributed by atoms with Gasteiger partial charge in [-0.05, 0) is 42.0 Å². The van der Waals surface area contributed by atoms with Gasteiger partial charge in [-0.15, -0.1) is 11.3 Å². The zero-order chi connectivity index (χ0) is 18.0. The van der Waals surface area contributed by atoms with Crippen LogP contribution in [0.4, 0.5) is 0 Å². The van der Waals surface area contributed by atoms with Gasteiger partial charge < -0.3 is 10.2 Å². The van der Waals surface area contributed by atoms with Crippen LogP contribution in [0.25, 0.3) is 22.9 Å². The van der Waals surface area contributed by atoms with Crippen LogP contribution in [-0.2, 0) is 0 Å². The summed E-state index contributed by atoms with van der Waals surface area (Å²) >= 11 is 13.4. The maximum absolute atomic E-state index is 9.56. The number of thiazole rings is 1. The van der Waals surface area contributed by atoms with E-state index in [2.05, 4.69) is 11.1 Å². The molecule has 0 aliphatic rings. The average Bonchev–Trinajstić information content (AvgIpc) is 3.05. The minimum Gasteiger partial charge on any atom is -0.504 e. The van der Waals surface area contributed by atoms with Crippen molar-refractivity contribution in [3.63, 3.8) is 0 Å². The molecule has 0 bridgehead atoms. The van der Waals surface area contributed by atoms with Gasteiger partial charge in [0.15, 0.2) is 11.5 Å². The second-order valence-corrected chi connectivity index (χ2v) is 6.78. The first-order valence-corrected chi connectivity index (χ1v) is 8.66. The maximum atomic E-state index is 9.56. The number of hydrogen-bond donors (Lipinski definition) is 2. The Kier molecular flexibility index (Phi) is 4.95. The molecular formula is C18H10Cl2N2O2S. The number of halogens is 2. The van der Waals surface area contributed by atoms with Crippen molar-refractivity contribution in [3.05, 3.63) is 62.4 Å². The van der Waals surface area contributed by atoms with Gasteiger partial charge in [-0.25, -0.2) is 4.98 Å². The first-order chi connectivity index (χ1) is 12.0. The highest BCUT2D eigenvalue weighted by Crippen LogP contribution is 2.33. The summed E-state index contributed by atoms with van der Waals surface area (Å²) in [5.74, 6) is -0.469. The molecule has 1 heterocycles. The molecule has 25 heavy (non-hydrogen) atoms. The Morgan fingerprint density at radius 3 is 2.60 bits per heavy atom. The van der Waals surface area contributed by atoms with Gasteiger partial charge >= 0.3 is 0 Å². The third kappa shape index (κ3) is 3.77. The molecule has 4 nitrogen and oxygen atoms in total. The lowest BCUT2D eigenvalue weighted by atomic mass is 10.1. The predicted molar refractivity (Wildman–Crippen MR) is 101 cm³/mol. The van der Waals surface area contributed by atoms with E-state index < -0.39 is 0 Å². The topological polar surface area (TPSA) is 77.1 Å². The molecule has 0 saturated carbocycles. The number of hydrogen-bond acceptors (Lipinski definition) is 5. The number of nitrogens with zero attached hydrogens (tertiary/aromatic N) is 2. The fourth-order valence-corrected chi connectivity index (χ4v) is 3.45. The molecule has 0 fully saturated rings. The zero-order valence-corrected chi connectivity index (χ0v) is 14.9. The van der Waals surface area contributed by atoms with Crippen LogP contribution in [0.5, 0.6) is 11.5 Å². The van der Waals surface area contributed by atoms with Crippen molar-refractivity contribution < 1.29 is 10.2 Å². The Hall–Kier alpha value is -2.52. The molecule has 2 aromatic carbocycles. The Morgan fingerprint density at radius 1 is 1.12 bits per heavy atom. The molecule has 3 rings (SSSR count). The van der Waals surface area contributed by atoms with Crippen LogP contribution in [0.3, 0.4) is 0 Å². The first kappa shape index (κ1) is 17.3. The van der Waals surface area contributed by atoms with Gasteiger partial charge in [0.05, 0.1) is 16.3 Å². The molecule has 0 aliphatic heterocycles. The van der Waals surface area contributed by atoms with Gasteiger partial charge in [-0.3, -0.25) is 0 Å². The molecule has 0 aliphatic carbocycles. The van der Waals surface area contributed by atoms with Crippen LogP contribution in [0.1, 0.15) is 10.6 Å². The maximum Gasteiger partial charge on any atom is 0.157 e. The Balaban J connectivity index is 1.98. The van der Waals surface area contributed by atoms with E-state index in [4.69, 9.17) is 23.2 Å². The minimum atomic E-state index is -0.251. The van der Waals surface area contributed by atoms with Crippen molar-refractivity contribution in [1.29, 1.82) is 5.26 Å². The fraction of sp³-hybridized carbons (Fsp3) is 0. The van der Waals surface area contributed by atoms with E-state index in [-0.39, 0.29) is 11.5 Å². The summed E-state index contributed by atoms with van der Waals surface area (Å²) in [6.07, 6.45) is 1.59. The largest absolute Gasteiger partial charge is 0.504 e. The highest BCUT2D eigenvalue weighted by atomic mass is 35.5. The molecule has 124 valence electrons. The highest BCUT2D eigenvalue weighted by Gasteiger charge is 2.12. The van der Waals surface area contributed by atoms with Gasteiger partial charge in [-0.1, -0.05) is 29.3 Å². The molecule has 0 unspecified atom stereocenters. The number of phenols is 2. The number of aromatic nitrogens is 1. The monoisotopic (exact) mass is 388 g/mol. The number of phenolic OH excluding ortho intramolecular Hbond substituents is 2. The summed E-state index contributed by atoms with van der Waals surface area (Å²) in [5, 5.41) is 31.7. The summed E-state index contributed by atoms with van der Waals surface area (Å²) < 4.78 is 0. The third-order valence-corrected chi connectivity index (χ3v) is 4.80. The van der Waals surface area contributed by atoms with E-state index in [9.17, 15) is 15.5 Å². The molecule has 2 N–H and O–H groups in total. The number of benzene rings is 2. The molecule has 0 saturated heterocycles. The molecule has 7 heteroatoms. The van der Waals surface area contributed by atoms with Crippen LogP contribution < -0.4 is 0 Å². The molecule has 3 aromatic rings. The van der Waals surface area contributed by atoms with Crippen LogP contribution in [0, 0.1) is 11.3 Å². The summed E-state index contributed by atoms with van der Waals surface area (Å²) in [6.45, 7) is 0. The molecule has 1 aromatic heterocycles. The number of aromatic hydroxyl groups is 2. The van der Waals surface area contributed by atoms with E-state index in [0.29, 0.717) is 31.9 Å². The number of allylic oxidation sites excluding steroid dienone is 1. The Labute approximate surface area is 157 Å². The second kappa shape index (κ2) is 7.16. The summed E-state index contributed by atoms with van der Waals surface area (Å²) in [7, 11) is 0. The van der Waals surface area contributed by atoms with E-state index in [1.165, 1.54) is 23.5 Å². The van der Waals surface area contributed by atoms with Crippen molar-refractivity contribution in [1.82, 2.24) is 4.98 Å². The second-order valence-electron chi connectivity index (χ2n) is 5.08. The van der Waals surface area contributed by atoms with Crippen LogP contribution in [0.15, 0.2) is 41.8 Å². The lowest BCUT2D eigenvalue weighted by molar-refractivity contribution is 0.403. The van der Waals surface area contributed by atoms with E-state index in [1.807, 2.05) is 5.38 Å². The lowest BCUT2D eigenvalue weighted by Gasteiger charge is -2.01. The van der Waals surface area contributed by atoms with Crippen LogP contribution >= 0.6 is 34.5 Å². The van der Waals surface area contributed by atoms with Crippen molar-refractivity contribution >= 4 is 46.2 Å². The normalized spacial score (nSPS) is 11.3. The molecule has 0 spiro atoms. The van der Waals surface area contributed by atoms with Crippen molar-refractivity contribution in [2.75, 3.05) is 0 Å². The Bertz CT molecular complexity index is 1020. The molecule has 0 radical (unpaired) electrons. The van der Waals surface area contributed by atoms with Crippen molar-refractivity contribution in [2.24, 2.45) is 0 Å². The number of rotatable bonds is 3. The lowest BCUT2D eigenvalue weighted by Crippen LogP contribution is -1.84. The molecule has 0 atom stereocenters. The standard InChI is InChI=1S/C18H10Cl2N2O2S/c19-12-2-3-13(14(20)7-12)15-9-25-18(22-15)11(8-21)5-10-1-4-16(23)17(24)6-10/h1-7,9,23-24H/b11-5+. The number of nitriles is 1. The van der Waals surface area contributed by atoms with Gasteiger partial charge in [-0.2, -0.15) is 5.26 Å². The zero-order valence-electron chi connectivity index (χ0n) is 12.6. The SMILES string of the molecule is N#C/C(=C\c1ccc(O)c(O)c1)c1nc(-c2ccc(Cl)cc2Cl)cs1. The Morgan fingerprint density at radius 2 is 1.92 bits per heavy atom. The summed E-state index contributed by atoms with van der Waals surface area (Å²) in [6, 6.07) is 11.6. The summed E-state index contributed by atoms with van der Waals surface area (Å²) in [4.78, 5) is 4.47. The first-order valence-electron chi connectivity index (χ1n) is 7.03. The fourth-order valence-electron chi connectivity index (χ4n) is 2.16. The quantitative estimate of drug-likeness (QED) is 0.452. The molecular weight excluding hydrogens is 379 g/mol. The van der Waals surface area contributed by atoms with E-state index >= 15 is 0 Å². The van der Waals surface area contributed by atoms with Gasteiger partial charge in [0.25, 0.3) is 0 Å². The van der Waals surface area contributed by atoms with Crippen molar-refractivity contribution in [2.45, 2.75) is 0 Å².